The molecule has 0 bridgehead atoms. The van der Waals surface area contributed by atoms with Crippen molar-refractivity contribution in [1.29, 1.82) is 0 Å². The van der Waals surface area contributed by atoms with Crippen molar-refractivity contribution in [3.05, 3.63) is 0 Å². The molecule has 1 aliphatic carbocycles. The molecule has 4 nitrogen and oxygen atoms in total. The van der Waals surface area contributed by atoms with Crippen LogP contribution in [-0.2, 0) is 14.8 Å². The minimum Gasteiger partial charge on any atom is -0.377 e. The number of hydrogen-bond donors (Lipinski definition) is 0. The second kappa shape index (κ2) is 6.38. The van der Waals surface area contributed by atoms with E-state index >= 15 is 0 Å². The molecule has 2 heterocycles. The van der Waals surface area contributed by atoms with Gasteiger partial charge in [-0.05, 0) is 31.6 Å². The molecular weight excluding hydrogens is 306 g/mol. The number of hydrogen-bond acceptors (Lipinski definition) is 4. The molecule has 3 aliphatic rings. The topological polar surface area (TPSA) is 46.6 Å². The minimum atomic E-state index is -3.00. The third kappa shape index (κ3) is 3.59. The summed E-state index contributed by atoms with van der Waals surface area (Å²) in [6, 6.07) is 0. The fraction of sp³-hybridized carbons (Fsp3) is 1.00. The second-order valence-electron chi connectivity index (χ2n) is 6.89. The van der Waals surface area contributed by atoms with E-state index in [1.165, 1.54) is 25.7 Å². The summed E-state index contributed by atoms with van der Waals surface area (Å²) < 4.78 is 32.0. The van der Waals surface area contributed by atoms with Crippen LogP contribution in [0.1, 0.15) is 45.4 Å². The van der Waals surface area contributed by atoms with Crippen LogP contribution in [0.2, 0.25) is 0 Å². The molecule has 6 heteroatoms. The van der Waals surface area contributed by atoms with Gasteiger partial charge in [-0.15, -0.1) is 11.8 Å². The zero-order valence-corrected chi connectivity index (χ0v) is 14.6. The van der Waals surface area contributed by atoms with Crippen LogP contribution in [0.25, 0.3) is 0 Å². The molecule has 2 saturated heterocycles. The van der Waals surface area contributed by atoms with Crippen molar-refractivity contribution in [1.82, 2.24) is 4.31 Å². The van der Waals surface area contributed by atoms with E-state index < -0.39 is 10.0 Å². The van der Waals surface area contributed by atoms with Crippen molar-refractivity contribution in [3.8, 4) is 0 Å². The predicted octanol–water partition coefficient (Wildman–Crippen LogP) is 2.49. The Labute approximate surface area is 133 Å². The lowest BCUT2D eigenvalue weighted by Crippen LogP contribution is -2.61. The molecule has 0 amide bonds. The lowest BCUT2D eigenvalue weighted by Gasteiger charge is -2.46. The first-order valence-electron chi connectivity index (χ1n) is 8.26. The molecule has 122 valence electrons. The van der Waals surface area contributed by atoms with Crippen molar-refractivity contribution < 1.29 is 13.2 Å². The van der Waals surface area contributed by atoms with Gasteiger partial charge in [0.15, 0.2) is 0 Å². The van der Waals surface area contributed by atoms with Crippen LogP contribution in [0.15, 0.2) is 0 Å². The van der Waals surface area contributed by atoms with E-state index in [9.17, 15) is 8.42 Å². The van der Waals surface area contributed by atoms with Gasteiger partial charge in [-0.3, -0.25) is 0 Å². The van der Waals surface area contributed by atoms with Crippen LogP contribution in [-0.4, -0.2) is 54.8 Å². The van der Waals surface area contributed by atoms with Crippen molar-refractivity contribution in [2.45, 2.75) is 56.3 Å². The zero-order chi connectivity index (χ0) is 14.9. The van der Waals surface area contributed by atoms with Crippen molar-refractivity contribution in [2.24, 2.45) is 5.92 Å². The van der Waals surface area contributed by atoms with Crippen molar-refractivity contribution >= 4 is 21.8 Å². The average molecular weight is 334 g/mol. The molecule has 3 rings (SSSR count). The van der Waals surface area contributed by atoms with Gasteiger partial charge < -0.3 is 4.74 Å². The molecule has 0 N–H and O–H groups in total. The summed E-state index contributed by atoms with van der Waals surface area (Å²) in [6.45, 7) is 4.23. The Morgan fingerprint density at radius 1 is 1.29 bits per heavy atom. The largest absolute Gasteiger partial charge is 0.377 e. The highest BCUT2D eigenvalue weighted by Gasteiger charge is 2.52. The third-order valence-corrected chi connectivity index (χ3v) is 8.55. The quantitative estimate of drug-likeness (QED) is 0.749. The molecule has 1 saturated carbocycles. The molecule has 1 spiro atoms. The summed E-state index contributed by atoms with van der Waals surface area (Å²) in [5.74, 6) is 2.10. The van der Waals surface area contributed by atoms with Crippen LogP contribution >= 0.6 is 11.8 Å². The number of ether oxygens (including phenoxy) is 1. The molecule has 0 aromatic carbocycles. The predicted molar refractivity (Wildman–Crippen MR) is 87.2 cm³/mol. The van der Waals surface area contributed by atoms with Crippen LogP contribution < -0.4 is 0 Å². The number of rotatable bonds is 6. The van der Waals surface area contributed by atoms with Crippen molar-refractivity contribution in [2.75, 3.05) is 31.2 Å². The van der Waals surface area contributed by atoms with Gasteiger partial charge in [0, 0.05) is 30.2 Å². The summed E-state index contributed by atoms with van der Waals surface area (Å²) in [5, 5.41) is 0. The highest BCUT2D eigenvalue weighted by atomic mass is 32.2. The number of thioether (sulfide) groups is 1. The third-order valence-electron chi connectivity index (χ3n) is 5.00. The van der Waals surface area contributed by atoms with Gasteiger partial charge in [0.25, 0.3) is 0 Å². The molecule has 3 fully saturated rings. The number of sulfonamides is 1. The van der Waals surface area contributed by atoms with Gasteiger partial charge in [0.2, 0.25) is 10.0 Å². The van der Waals surface area contributed by atoms with Crippen LogP contribution in [0.3, 0.4) is 0 Å². The van der Waals surface area contributed by atoms with Crippen LogP contribution in [0.4, 0.5) is 0 Å². The standard InChI is InChI=1S/C15H27NO3S2/c1-2-7-21(17,18)16-11-15(12-16)8-14(10-20-15)19-9-13-5-3-4-6-13/h13-14H,2-12H2,1H3/t14-/m1/s1. The lowest BCUT2D eigenvalue weighted by molar-refractivity contribution is 0.0303. The second-order valence-corrected chi connectivity index (χ2v) is 10.5. The van der Waals surface area contributed by atoms with E-state index in [4.69, 9.17) is 4.74 Å². The zero-order valence-electron chi connectivity index (χ0n) is 12.9. The van der Waals surface area contributed by atoms with Gasteiger partial charge >= 0.3 is 0 Å². The molecule has 0 radical (unpaired) electrons. The van der Waals surface area contributed by atoms with Gasteiger partial charge in [-0.25, -0.2) is 8.42 Å². The molecule has 0 unspecified atom stereocenters. The summed E-state index contributed by atoms with van der Waals surface area (Å²) >= 11 is 1.93. The highest BCUT2D eigenvalue weighted by molar-refractivity contribution is 8.01. The Kier molecular flexibility index (Phi) is 4.89. The first kappa shape index (κ1) is 16.1. The molecule has 2 aliphatic heterocycles. The lowest BCUT2D eigenvalue weighted by atomic mass is 9.95. The first-order valence-corrected chi connectivity index (χ1v) is 10.9. The first-order chi connectivity index (χ1) is 10.0. The van der Waals surface area contributed by atoms with Crippen LogP contribution in [0, 0.1) is 5.92 Å². The Morgan fingerprint density at radius 3 is 2.67 bits per heavy atom. The maximum Gasteiger partial charge on any atom is 0.214 e. The molecule has 1 atom stereocenters. The average Bonchev–Trinajstić information content (AvgIpc) is 3.04. The van der Waals surface area contributed by atoms with Gasteiger partial charge in [-0.1, -0.05) is 19.8 Å². The Hall–Kier alpha value is 0.220. The van der Waals surface area contributed by atoms with Gasteiger partial charge in [-0.2, -0.15) is 4.31 Å². The SMILES string of the molecule is CCCS(=O)(=O)N1CC2(C[C@@H](OCC3CCCC3)CS2)C1. The molecule has 0 aromatic heterocycles. The maximum atomic E-state index is 12.0. The monoisotopic (exact) mass is 333 g/mol. The smallest absolute Gasteiger partial charge is 0.214 e. The molecular formula is C15H27NO3S2. The van der Waals surface area contributed by atoms with E-state index in [-0.39, 0.29) is 10.5 Å². The molecule has 21 heavy (non-hydrogen) atoms. The normalized spacial score (nSPS) is 30.0. The maximum absolute atomic E-state index is 12.0. The van der Waals surface area contributed by atoms with Crippen molar-refractivity contribution in [3.63, 3.8) is 0 Å². The van der Waals surface area contributed by atoms with E-state index in [1.807, 2.05) is 18.7 Å². The molecule has 0 aromatic rings. The summed E-state index contributed by atoms with van der Waals surface area (Å²) in [4.78, 5) is 0. The highest BCUT2D eigenvalue weighted by Crippen LogP contribution is 2.47. The van der Waals surface area contributed by atoms with Gasteiger partial charge in [0.05, 0.1) is 11.9 Å². The Balaban J connectivity index is 1.43. The Morgan fingerprint density at radius 2 is 2.00 bits per heavy atom. The summed E-state index contributed by atoms with van der Waals surface area (Å²) in [6.07, 6.45) is 7.45. The fourth-order valence-corrected chi connectivity index (χ4v) is 7.14. The van der Waals surface area contributed by atoms with Crippen LogP contribution in [0.5, 0.6) is 0 Å². The summed E-state index contributed by atoms with van der Waals surface area (Å²) in [5.41, 5.74) is 0. The summed E-state index contributed by atoms with van der Waals surface area (Å²) in [7, 11) is -3.00. The van der Waals surface area contributed by atoms with E-state index in [0.717, 1.165) is 24.7 Å². The van der Waals surface area contributed by atoms with E-state index in [1.54, 1.807) is 4.31 Å². The minimum absolute atomic E-state index is 0.154. The Bertz CT molecular complexity index is 454. The van der Waals surface area contributed by atoms with E-state index in [0.29, 0.717) is 25.6 Å². The van der Waals surface area contributed by atoms with E-state index in [2.05, 4.69) is 0 Å². The number of nitrogens with zero attached hydrogens (tertiary/aromatic N) is 1. The fourth-order valence-electron chi connectivity index (χ4n) is 3.76. The van der Waals surface area contributed by atoms with Gasteiger partial charge in [0.1, 0.15) is 0 Å².